The van der Waals surface area contributed by atoms with E-state index in [0.29, 0.717) is 10.6 Å². The third-order valence-electron chi connectivity index (χ3n) is 4.44. The number of amides is 1. The third kappa shape index (κ3) is 3.51. The van der Waals surface area contributed by atoms with Crippen molar-refractivity contribution in [1.29, 1.82) is 0 Å². The van der Waals surface area contributed by atoms with E-state index < -0.39 is 11.6 Å². The molecule has 25 heavy (non-hydrogen) atoms. The summed E-state index contributed by atoms with van der Waals surface area (Å²) in [5.74, 6) is -1.97. The zero-order valence-electron chi connectivity index (χ0n) is 13.8. The first-order valence-electron chi connectivity index (χ1n) is 7.82. The van der Waals surface area contributed by atoms with Gasteiger partial charge in [0.1, 0.15) is 6.54 Å². The van der Waals surface area contributed by atoms with Crippen molar-refractivity contribution in [2.45, 2.75) is 19.5 Å². The quantitative estimate of drug-likeness (QED) is 0.655. The molecule has 130 valence electrons. The molecule has 0 N–H and O–H groups in total. The molecular weight excluding hydrogens is 346 g/mol. The summed E-state index contributed by atoms with van der Waals surface area (Å²) in [6.45, 7) is 1.91. The Bertz CT molecular complexity index is 938. The molecule has 0 saturated carbocycles. The molecular formula is C19H17ClF2N2O. The molecule has 0 aliphatic heterocycles. The summed E-state index contributed by atoms with van der Waals surface area (Å²) >= 11 is 6.03. The van der Waals surface area contributed by atoms with Gasteiger partial charge in [-0.15, -0.1) is 0 Å². The second kappa shape index (κ2) is 6.84. The van der Waals surface area contributed by atoms with Crippen LogP contribution in [0.15, 0.2) is 48.7 Å². The predicted octanol–water partition coefficient (Wildman–Crippen LogP) is 4.79. The number of carbonyl (C=O) groups excluding carboxylic acids is 1. The molecule has 1 atom stereocenters. The second-order valence-corrected chi connectivity index (χ2v) is 6.44. The van der Waals surface area contributed by atoms with Crippen LogP contribution in [-0.2, 0) is 11.3 Å². The number of rotatable bonds is 4. The monoisotopic (exact) mass is 362 g/mol. The fourth-order valence-electron chi connectivity index (χ4n) is 2.76. The summed E-state index contributed by atoms with van der Waals surface area (Å²) in [5.41, 5.74) is 1.41. The number of likely N-dealkylation sites (N-methyl/N-ethyl adjacent to an activating group) is 1. The van der Waals surface area contributed by atoms with Crippen LogP contribution in [0.5, 0.6) is 0 Å². The van der Waals surface area contributed by atoms with Crippen molar-refractivity contribution in [3.63, 3.8) is 0 Å². The van der Waals surface area contributed by atoms with Gasteiger partial charge in [-0.1, -0.05) is 23.7 Å². The Morgan fingerprint density at radius 3 is 2.64 bits per heavy atom. The Morgan fingerprint density at radius 1 is 1.16 bits per heavy atom. The first-order valence-corrected chi connectivity index (χ1v) is 8.19. The van der Waals surface area contributed by atoms with E-state index in [2.05, 4.69) is 0 Å². The van der Waals surface area contributed by atoms with Gasteiger partial charge >= 0.3 is 0 Å². The van der Waals surface area contributed by atoms with Crippen LogP contribution in [0.25, 0.3) is 10.9 Å². The van der Waals surface area contributed by atoms with Crippen molar-refractivity contribution in [1.82, 2.24) is 9.47 Å². The van der Waals surface area contributed by atoms with Crippen LogP contribution in [0, 0.1) is 11.6 Å². The van der Waals surface area contributed by atoms with Gasteiger partial charge in [-0.25, -0.2) is 8.78 Å². The van der Waals surface area contributed by atoms with Crippen LogP contribution >= 0.6 is 11.6 Å². The summed E-state index contributed by atoms with van der Waals surface area (Å²) in [5, 5.41) is 1.59. The molecule has 1 aromatic heterocycles. The summed E-state index contributed by atoms with van der Waals surface area (Å²) in [6, 6.07) is 10.7. The average Bonchev–Trinajstić information content (AvgIpc) is 2.98. The Hall–Kier alpha value is -2.40. The van der Waals surface area contributed by atoms with E-state index in [1.165, 1.54) is 11.0 Å². The fraction of sp³-hybridized carbons (Fsp3) is 0.211. The van der Waals surface area contributed by atoms with Gasteiger partial charge in [0, 0.05) is 23.8 Å². The maximum absolute atomic E-state index is 13.4. The lowest BCUT2D eigenvalue weighted by Gasteiger charge is -2.26. The van der Waals surface area contributed by atoms with Gasteiger partial charge in [-0.2, -0.15) is 0 Å². The summed E-state index contributed by atoms with van der Waals surface area (Å²) < 4.78 is 28.3. The molecule has 0 aliphatic carbocycles. The van der Waals surface area contributed by atoms with Crippen molar-refractivity contribution in [3.05, 3.63) is 70.9 Å². The van der Waals surface area contributed by atoms with Crippen LogP contribution < -0.4 is 0 Å². The lowest BCUT2D eigenvalue weighted by molar-refractivity contribution is -0.132. The SMILES string of the molecule is CC(c1ccc(F)c(F)c1)N(C)C(=O)Cn1ccc2ccc(Cl)cc21. The van der Waals surface area contributed by atoms with Crippen LogP contribution in [0.2, 0.25) is 5.02 Å². The molecule has 0 saturated heterocycles. The van der Waals surface area contributed by atoms with E-state index in [1.807, 2.05) is 29.0 Å². The van der Waals surface area contributed by atoms with E-state index >= 15 is 0 Å². The molecule has 3 aromatic rings. The Kier molecular flexibility index (Phi) is 4.77. The molecule has 6 heteroatoms. The Labute approximate surface area is 149 Å². The first kappa shape index (κ1) is 17.4. The largest absolute Gasteiger partial charge is 0.338 e. The van der Waals surface area contributed by atoms with Crippen LogP contribution in [0.4, 0.5) is 8.78 Å². The molecule has 0 radical (unpaired) electrons. The zero-order chi connectivity index (χ0) is 18.1. The molecule has 0 spiro atoms. The number of hydrogen-bond acceptors (Lipinski definition) is 1. The minimum Gasteiger partial charge on any atom is -0.338 e. The van der Waals surface area contributed by atoms with Gasteiger partial charge in [-0.05, 0) is 48.2 Å². The van der Waals surface area contributed by atoms with Crippen molar-refractivity contribution in [2.75, 3.05) is 7.05 Å². The number of fused-ring (bicyclic) bond motifs is 1. The number of benzene rings is 2. The smallest absolute Gasteiger partial charge is 0.242 e. The van der Waals surface area contributed by atoms with Gasteiger partial charge in [0.05, 0.1) is 6.04 Å². The minimum atomic E-state index is -0.920. The maximum atomic E-state index is 13.4. The van der Waals surface area contributed by atoms with E-state index in [-0.39, 0.29) is 18.5 Å². The standard InChI is InChI=1S/C19H17ClF2N2O/c1-12(14-4-6-16(21)17(22)9-14)23(2)19(25)11-24-8-7-13-3-5-15(20)10-18(13)24/h3-10,12H,11H2,1-2H3. The van der Waals surface area contributed by atoms with Gasteiger partial charge in [0.15, 0.2) is 11.6 Å². The van der Waals surface area contributed by atoms with E-state index in [9.17, 15) is 13.6 Å². The van der Waals surface area contributed by atoms with E-state index in [4.69, 9.17) is 11.6 Å². The molecule has 2 aromatic carbocycles. The Balaban J connectivity index is 1.79. The number of aromatic nitrogens is 1. The fourth-order valence-corrected chi connectivity index (χ4v) is 2.93. The highest BCUT2D eigenvalue weighted by Crippen LogP contribution is 2.23. The van der Waals surface area contributed by atoms with Crippen LogP contribution in [-0.4, -0.2) is 22.4 Å². The lowest BCUT2D eigenvalue weighted by Crippen LogP contribution is -2.32. The molecule has 1 unspecified atom stereocenters. The highest BCUT2D eigenvalue weighted by atomic mass is 35.5. The highest BCUT2D eigenvalue weighted by Gasteiger charge is 2.19. The molecule has 1 amide bonds. The van der Waals surface area contributed by atoms with Crippen molar-refractivity contribution < 1.29 is 13.6 Å². The molecule has 3 nitrogen and oxygen atoms in total. The van der Waals surface area contributed by atoms with Gasteiger partial charge in [-0.3, -0.25) is 4.79 Å². The highest BCUT2D eigenvalue weighted by molar-refractivity contribution is 6.31. The van der Waals surface area contributed by atoms with Crippen molar-refractivity contribution >= 4 is 28.4 Å². The van der Waals surface area contributed by atoms with E-state index in [0.717, 1.165) is 23.0 Å². The van der Waals surface area contributed by atoms with Crippen LogP contribution in [0.3, 0.4) is 0 Å². The van der Waals surface area contributed by atoms with Crippen molar-refractivity contribution in [2.24, 2.45) is 0 Å². The molecule has 3 rings (SSSR count). The van der Waals surface area contributed by atoms with Gasteiger partial charge in [0.2, 0.25) is 5.91 Å². The predicted molar refractivity (Wildman–Crippen MR) is 94.5 cm³/mol. The lowest BCUT2D eigenvalue weighted by atomic mass is 10.1. The first-order chi connectivity index (χ1) is 11.9. The zero-order valence-corrected chi connectivity index (χ0v) is 14.6. The van der Waals surface area contributed by atoms with Crippen molar-refractivity contribution in [3.8, 4) is 0 Å². The van der Waals surface area contributed by atoms with Gasteiger partial charge < -0.3 is 9.47 Å². The van der Waals surface area contributed by atoms with Crippen LogP contribution in [0.1, 0.15) is 18.5 Å². The summed E-state index contributed by atoms with van der Waals surface area (Å²) in [4.78, 5) is 14.1. The molecule has 1 heterocycles. The molecule has 0 aliphatic rings. The van der Waals surface area contributed by atoms with E-state index in [1.54, 1.807) is 20.0 Å². The second-order valence-electron chi connectivity index (χ2n) is 6.00. The third-order valence-corrected chi connectivity index (χ3v) is 4.68. The normalized spacial score (nSPS) is 12.4. The number of halogens is 3. The average molecular weight is 363 g/mol. The number of hydrogen-bond donors (Lipinski definition) is 0. The maximum Gasteiger partial charge on any atom is 0.242 e. The number of nitrogens with zero attached hydrogens (tertiary/aromatic N) is 2. The molecule has 0 fully saturated rings. The number of carbonyl (C=O) groups is 1. The van der Waals surface area contributed by atoms with Gasteiger partial charge in [0.25, 0.3) is 0 Å². The summed E-state index contributed by atoms with van der Waals surface area (Å²) in [6.07, 6.45) is 1.83. The molecule has 0 bridgehead atoms. The Morgan fingerprint density at radius 2 is 1.92 bits per heavy atom. The topological polar surface area (TPSA) is 25.2 Å². The minimum absolute atomic E-state index is 0.133. The summed E-state index contributed by atoms with van der Waals surface area (Å²) in [7, 11) is 1.65.